The normalized spacial score (nSPS) is 7.00. The minimum atomic E-state index is 0.551. The molecular formula is C3H7N2S. The molecule has 0 rings (SSSR count). The van der Waals surface area contributed by atoms with Crippen LogP contribution in [0.4, 0.5) is 0 Å². The minimum Gasteiger partial charge on any atom is -0.364 e. The molecule has 0 aliphatic carbocycles. The second-order valence-corrected chi connectivity index (χ2v) is 1.17. The third-order valence-corrected chi connectivity index (χ3v) is 0.804. The molecule has 1 N–H and O–H groups in total. The van der Waals surface area contributed by atoms with Crippen molar-refractivity contribution in [2.45, 2.75) is 0 Å². The summed E-state index contributed by atoms with van der Waals surface area (Å²) in [5, 5.41) is 6.86. The molecule has 3 heteroatoms. The Kier molecular flexibility index (Phi) is 2.75. The average molecular weight is 103 g/mol. The molecule has 1 radical (unpaired) electrons. The first kappa shape index (κ1) is 5.69. The van der Waals surface area contributed by atoms with Gasteiger partial charge in [0.05, 0.1) is 0 Å². The topological polar surface area (TPSA) is 26.1 Å². The summed E-state index contributed by atoms with van der Waals surface area (Å²) in [5.74, 6) is 0. The molecule has 0 saturated heterocycles. The Morgan fingerprint density at radius 3 is 2.33 bits per heavy atom. The zero-order valence-corrected chi connectivity index (χ0v) is 4.67. The van der Waals surface area contributed by atoms with Gasteiger partial charge in [-0.15, -0.1) is 0 Å². The van der Waals surface area contributed by atoms with E-state index in [0.29, 0.717) is 5.11 Å². The van der Waals surface area contributed by atoms with E-state index in [1.54, 1.807) is 14.1 Å². The number of nitrogens with one attached hydrogen (secondary N) is 1. The van der Waals surface area contributed by atoms with Gasteiger partial charge in [-0.2, -0.15) is 0 Å². The molecule has 0 bridgehead atoms. The van der Waals surface area contributed by atoms with E-state index in [2.05, 4.69) is 22.9 Å². The van der Waals surface area contributed by atoms with E-state index in [9.17, 15) is 0 Å². The van der Waals surface area contributed by atoms with Crippen molar-refractivity contribution in [3.05, 3.63) is 0 Å². The van der Waals surface area contributed by atoms with Gasteiger partial charge in [-0.3, -0.25) is 5.32 Å². The van der Waals surface area contributed by atoms with Crippen molar-refractivity contribution in [2.75, 3.05) is 14.1 Å². The molecule has 2 nitrogen and oxygen atoms in total. The number of hydrogen-bond donors (Lipinski definition) is 1. The molecule has 6 heavy (non-hydrogen) atoms. The maximum atomic E-state index is 4.58. The lowest BCUT2D eigenvalue weighted by Gasteiger charge is -1.92. The Balaban J connectivity index is 2.99. The minimum absolute atomic E-state index is 0.551. The largest absolute Gasteiger partial charge is 0.364 e. The monoisotopic (exact) mass is 103 g/mol. The van der Waals surface area contributed by atoms with E-state index in [1.807, 2.05) is 0 Å². The van der Waals surface area contributed by atoms with Gasteiger partial charge in [-0.25, -0.2) is 0 Å². The van der Waals surface area contributed by atoms with E-state index >= 15 is 0 Å². The van der Waals surface area contributed by atoms with Gasteiger partial charge >= 0.3 is 0 Å². The molecule has 0 aromatic carbocycles. The van der Waals surface area contributed by atoms with Crippen LogP contribution in [0.1, 0.15) is 0 Å². The number of nitrogens with zero attached hydrogens (tertiary/aromatic N) is 1. The van der Waals surface area contributed by atoms with E-state index in [0.717, 1.165) is 0 Å². The van der Waals surface area contributed by atoms with E-state index < -0.39 is 0 Å². The van der Waals surface area contributed by atoms with Crippen LogP contribution in [-0.4, -0.2) is 19.2 Å². The maximum absolute atomic E-state index is 4.58. The van der Waals surface area contributed by atoms with Crippen LogP contribution in [0.15, 0.2) is 0 Å². The molecule has 0 unspecified atom stereocenters. The van der Waals surface area contributed by atoms with Gasteiger partial charge in [-0.1, -0.05) is 0 Å². The van der Waals surface area contributed by atoms with Crippen LogP contribution in [0.3, 0.4) is 0 Å². The average Bonchev–Trinajstić information content (AvgIpc) is 1.65. The molecule has 0 aromatic rings. The summed E-state index contributed by atoms with van der Waals surface area (Å²) in [5.41, 5.74) is 0. The lowest BCUT2D eigenvalue weighted by Crippen LogP contribution is -2.23. The van der Waals surface area contributed by atoms with E-state index in [4.69, 9.17) is 0 Å². The van der Waals surface area contributed by atoms with E-state index in [1.165, 1.54) is 0 Å². The molecule has 0 spiro atoms. The first-order chi connectivity index (χ1) is 2.81. The van der Waals surface area contributed by atoms with Gasteiger partial charge in [0, 0.05) is 14.1 Å². The predicted octanol–water partition coefficient (Wildman–Crippen LogP) is -0.275. The molecule has 0 fully saturated rings. The summed E-state index contributed by atoms with van der Waals surface area (Å²) in [7, 11) is 3.40. The molecule has 0 aromatic heterocycles. The third kappa shape index (κ3) is 1.96. The fraction of sp³-hybridized carbons (Fsp3) is 0.667. The third-order valence-electron chi connectivity index (χ3n) is 0.417. The van der Waals surface area contributed by atoms with Crippen molar-refractivity contribution in [1.29, 1.82) is 0 Å². The van der Waals surface area contributed by atoms with Gasteiger partial charge < -0.3 is 5.32 Å². The van der Waals surface area contributed by atoms with Crippen LogP contribution < -0.4 is 10.6 Å². The fourth-order valence-electron chi connectivity index (χ4n) is 0.112. The van der Waals surface area contributed by atoms with Crippen molar-refractivity contribution in [3.63, 3.8) is 0 Å². The van der Waals surface area contributed by atoms with Crippen LogP contribution in [0.5, 0.6) is 0 Å². The van der Waals surface area contributed by atoms with Crippen LogP contribution in [0.2, 0.25) is 0 Å². The summed E-state index contributed by atoms with van der Waals surface area (Å²) < 4.78 is 0. The zero-order valence-electron chi connectivity index (χ0n) is 3.86. The Hall–Kier alpha value is -0.310. The Morgan fingerprint density at radius 2 is 2.33 bits per heavy atom. The first-order valence-corrected chi connectivity index (χ1v) is 2.03. The summed E-state index contributed by atoms with van der Waals surface area (Å²) in [6.07, 6.45) is 0. The van der Waals surface area contributed by atoms with Crippen LogP contribution in [0.25, 0.3) is 0 Å². The number of thiocarbonyl (C=S) groups is 1. The summed E-state index contributed by atoms with van der Waals surface area (Å²) in [6, 6.07) is 0. The maximum Gasteiger partial charge on any atom is 0.187 e. The Bertz CT molecular complexity index is 46.8. The van der Waals surface area contributed by atoms with Crippen molar-refractivity contribution < 1.29 is 0 Å². The highest BCUT2D eigenvalue weighted by Gasteiger charge is 1.78. The van der Waals surface area contributed by atoms with Crippen LogP contribution >= 0.6 is 12.2 Å². The molecule has 0 saturated carbocycles. The van der Waals surface area contributed by atoms with Crippen molar-refractivity contribution in [2.24, 2.45) is 0 Å². The molecule has 0 heterocycles. The van der Waals surface area contributed by atoms with Gasteiger partial charge in [0.15, 0.2) is 5.11 Å². The van der Waals surface area contributed by atoms with Crippen LogP contribution in [0, 0.1) is 0 Å². The SMILES string of the molecule is C[N]C(=S)NC. The van der Waals surface area contributed by atoms with Crippen molar-refractivity contribution in [3.8, 4) is 0 Å². The standard InChI is InChI=1S/C3H7N2S/c1-4-3(6)5-2/h1-2H3,(H,4,6). The molecule has 0 amide bonds. The quantitative estimate of drug-likeness (QED) is 0.427. The molecule has 0 aliphatic rings. The van der Waals surface area contributed by atoms with Gasteiger partial charge in [0.25, 0.3) is 0 Å². The smallest absolute Gasteiger partial charge is 0.187 e. The first-order valence-electron chi connectivity index (χ1n) is 1.62. The van der Waals surface area contributed by atoms with Crippen LogP contribution in [-0.2, 0) is 0 Å². The van der Waals surface area contributed by atoms with E-state index in [-0.39, 0.29) is 0 Å². The predicted molar refractivity (Wildman–Crippen MR) is 29.7 cm³/mol. The van der Waals surface area contributed by atoms with Gasteiger partial charge in [-0.05, 0) is 12.2 Å². The summed E-state index contributed by atoms with van der Waals surface area (Å²) in [4.78, 5) is 0. The zero-order chi connectivity index (χ0) is 4.99. The fourth-order valence-corrected chi connectivity index (χ4v) is 0.112. The highest BCUT2D eigenvalue weighted by atomic mass is 32.1. The van der Waals surface area contributed by atoms with Gasteiger partial charge in [0.1, 0.15) is 0 Å². The Morgan fingerprint density at radius 1 is 1.83 bits per heavy atom. The number of hydrogen-bond acceptors (Lipinski definition) is 1. The lowest BCUT2D eigenvalue weighted by atomic mass is 11.0. The second kappa shape index (κ2) is 2.90. The Labute approximate surface area is 42.9 Å². The summed E-state index contributed by atoms with van der Waals surface area (Å²) >= 11 is 4.58. The number of rotatable bonds is 0. The molecule has 35 valence electrons. The molecular weight excluding hydrogens is 96.1 g/mol. The highest BCUT2D eigenvalue weighted by molar-refractivity contribution is 7.80. The van der Waals surface area contributed by atoms with Crippen molar-refractivity contribution >= 4 is 17.3 Å². The van der Waals surface area contributed by atoms with Crippen molar-refractivity contribution in [1.82, 2.24) is 10.6 Å². The molecule has 0 atom stereocenters. The second-order valence-electron chi connectivity index (χ2n) is 0.779. The highest BCUT2D eigenvalue weighted by Crippen LogP contribution is 1.55. The lowest BCUT2D eigenvalue weighted by molar-refractivity contribution is 1.05. The summed E-state index contributed by atoms with van der Waals surface area (Å²) in [6.45, 7) is 0. The molecule has 0 aliphatic heterocycles. The van der Waals surface area contributed by atoms with Gasteiger partial charge in [0.2, 0.25) is 0 Å².